The lowest BCUT2D eigenvalue weighted by Crippen LogP contribution is -2.31. The van der Waals surface area contributed by atoms with Crippen molar-refractivity contribution in [2.75, 3.05) is 10.2 Å². The summed E-state index contributed by atoms with van der Waals surface area (Å²) >= 11 is 0. The molecule has 0 saturated carbocycles. The van der Waals surface area contributed by atoms with Gasteiger partial charge >= 0.3 is 0 Å². The number of imidazole rings is 1. The lowest BCUT2D eigenvalue weighted by molar-refractivity contribution is -0.124. The number of aryl methyl sites for hydroxylation is 2. The molecule has 0 unspecified atom stereocenters. The van der Waals surface area contributed by atoms with Gasteiger partial charge in [-0.3, -0.25) is 19.1 Å². The van der Waals surface area contributed by atoms with Crippen molar-refractivity contribution in [1.82, 2.24) is 9.55 Å². The molecule has 0 radical (unpaired) electrons. The highest BCUT2D eigenvalue weighted by molar-refractivity contribution is 6.05. The number of nitrogens with zero attached hydrogens (tertiary/aromatic N) is 3. The largest absolute Gasteiger partial charge is 0.326 e. The number of nitrogens with one attached hydrogen (secondary N) is 1. The molecule has 1 aliphatic heterocycles. The maximum absolute atomic E-state index is 13.5. The summed E-state index contributed by atoms with van der Waals surface area (Å²) in [6.07, 6.45) is 0.869. The molecular weight excluding hydrogens is 412 g/mol. The molecule has 1 atom stereocenters. The molecule has 1 aromatic heterocycles. The second-order valence-electron chi connectivity index (χ2n) is 8.46. The fourth-order valence-corrected chi connectivity index (χ4v) is 4.45. The molecule has 33 heavy (non-hydrogen) atoms. The normalized spacial score (nSPS) is 15.2. The Morgan fingerprint density at radius 2 is 1.73 bits per heavy atom. The van der Waals surface area contributed by atoms with Crippen molar-refractivity contribution in [3.05, 3.63) is 89.5 Å². The summed E-state index contributed by atoms with van der Waals surface area (Å²) in [5, 5.41) is 3.01. The van der Waals surface area contributed by atoms with Crippen molar-refractivity contribution < 1.29 is 9.59 Å². The average Bonchev–Trinajstić information content (AvgIpc) is 3.31. The minimum Gasteiger partial charge on any atom is -0.326 e. The number of hydrogen-bond donors (Lipinski definition) is 1. The van der Waals surface area contributed by atoms with Crippen LogP contribution in [0.15, 0.2) is 72.8 Å². The Labute approximate surface area is 192 Å². The first-order chi connectivity index (χ1) is 16.0. The standard InChI is InChI=1S/C27H26N4O2/c1-3-20-8-4-5-9-21(20)28-25(32)16-24-26(33)30(17-19-14-12-18(2)13-15-19)27-29-22-10-6-7-11-23(22)31(24)27/h4-15,24H,3,16-17H2,1-2H3,(H,28,32)/t24-/m1/s1. The van der Waals surface area contributed by atoms with E-state index in [4.69, 9.17) is 4.98 Å². The topological polar surface area (TPSA) is 67.2 Å². The number of anilines is 2. The first-order valence-corrected chi connectivity index (χ1v) is 11.3. The number of aromatic nitrogens is 2. The number of rotatable bonds is 6. The molecule has 1 aliphatic rings. The zero-order chi connectivity index (χ0) is 22.9. The Balaban J connectivity index is 1.47. The number of hydrogen-bond acceptors (Lipinski definition) is 3. The average molecular weight is 439 g/mol. The van der Waals surface area contributed by atoms with Crippen LogP contribution in [0.4, 0.5) is 11.6 Å². The minimum atomic E-state index is -0.633. The molecule has 1 N–H and O–H groups in total. The van der Waals surface area contributed by atoms with E-state index in [1.54, 1.807) is 4.90 Å². The first-order valence-electron chi connectivity index (χ1n) is 11.3. The van der Waals surface area contributed by atoms with Crippen molar-refractivity contribution in [2.24, 2.45) is 0 Å². The Bertz CT molecular complexity index is 1340. The third-order valence-electron chi connectivity index (χ3n) is 6.19. The highest BCUT2D eigenvalue weighted by Gasteiger charge is 2.40. The maximum atomic E-state index is 13.5. The molecule has 6 nitrogen and oxygen atoms in total. The molecule has 4 aromatic rings. The lowest BCUT2D eigenvalue weighted by atomic mass is 10.1. The van der Waals surface area contributed by atoms with E-state index in [2.05, 4.69) is 12.2 Å². The van der Waals surface area contributed by atoms with Crippen LogP contribution in [0.5, 0.6) is 0 Å². The summed E-state index contributed by atoms with van der Waals surface area (Å²) < 4.78 is 1.91. The van der Waals surface area contributed by atoms with Gasteiger partial charge in [0.05, 0.1) is 24.0 Å². The van der Waals surface area contributed by atoms with E-state index in [9.17, 15) is 9.59 Å². The van der Waals surface area contributed by atoms with Crippen molar-refractivity contribution >= 4 is 34.5 Å². The van der Waals surface area contributed by atoms with Gasteiger partial charge in [0, 0.05) is 5.69 Å². The smallest absolute Gasteiger partial charge is 0.253 e. The minimum absolute atomic E-state index is 0.0502. The van der Waals surface area contributed by atoms with E-state index < -0.39 is 6.04 Å². The predicted octanol–water partition coefficient (Wildman–Crippen LogP) is 5.02. The summed E-state index contributed by atoms with van der Waals surface area (Å²) in [6, 6.07) is 23.0. The van der Waals surface area contributed by atoms with Crippen LogP contribution in [0.1, 0.15) is 36.1 Å². The van der Waals surface area contributed by atoms with Crippen LogP contribution < -0.4 is 10.2 Å². The number of carbonyl (C=O) groups excluding carboxylic acids is 2. The zero-order valence-electron chi connectivity index (χ0n) is 18.8. The summed E-state index contributed by atoms with van der Waals surface area (Å²) in [4.78, 5) is 33.0. The number of amides is 2. The number of para-hydroxylation sites is 3. The summed E-state index contributed by atoms with van der Waals surface area (Å²) in [5.74, 6) is 0.298. The van der Waals surface area contributed by atoms with E-state index in [-0.39, 0.29) is 18.2 Å². The summed E-state index contributed by atoms with van der Waals surface area (Å²) in [7, 11) is 0. The third kappa shape index (κ3) is 3.89. The fourth-order valence-electron chi connectivity index (χ4n) is 4.45. The van der Waals surface area contributed by atoms with Crippen molar-refractivity contribution in [2.45, 2.75) is 39.3 Å². The van der Waals surface area contributed by atoms with Gasteiger partial charge in [-0.25, -0.2) is 4.98 Å². The van der Waals surface area contributed by atoms with E-state index >= 15 is 0 Å². The molecule has 6 heteroatoms. The molecule has 0 aliphatic carbocycles. The van der Waals surface area contributed by atoms with E-state index in [0.717, 1.165) is 34.3 Å². The van der Waals surface area contributed by atoms with Gasteiger partial charge in [-0.1, -0.05) is 67.1 Å². The zero-order valence-corrected chi connectivity index (χ0v) is 18.8. The SMILES string of the molecule is CCc1ccccc1NC(=O)C[C@@H]1C(=O)N(Cc2ccc(C)cc2)c2nc3ccccc3n21. The molecule has 166 valence electrons. The Morgan fingerprint density at radius 3 is 2.52 bits per heavy atom. The van der Waals surface area contributed by atoms with Crippen LogP contribution in [0.25, 0.3) is 11.0 Å². The van der Waals surface area contributed by atoms with Gasteiger partial charge in [-0.15, -0.1) is 0 Å². The van der Waals surface area contributed by atoms with Gasteiger partial charge in [-0.05, 0) is 42.7 Å². The quantitative estimate of drug-likeness (QED) is 0.459. The summed E-state index contributed by atoms with van der Waals surface area (Å²) in [6.45, 7) is 4.51. The van der Waals surface area contributed by atoms with Gasteiger partial charge in [-0.2, -0.15) is 0 Å². The van der Waals surface area contributed by atoms with Crippen LogP contribution in [0.2, 0.25) is 0 Å². The predicted molar refractivity (Wildman–Crippen MR) is 130 cm³/mol. The number of fused-ring (bicyclic) bond motifs is 3. The van der Waals surface area contributed by atoms with Crippen molar-refractivity contribution in [3.8, 4) is 0 Å². The highest BCUT2D eigenvalue weighted by atomic mass is 16.2. The van der Waals surface area contributed by atoms with Crippen LogP contribution in [-0.4, -0.2) is 21.4 Å². The number of carbonyl (C=O) groups is 2. The van der Waals surface area contributed by atoms with Gasteiger partial charge in [0.1, 0.15) is 6.04 Å². The van der Waals surface area contributed by atoms with Crippen LogP contribution in [0.3, 0.4) is 0 Å². The molecule has 0 saturated heterocycles. The van der Waals surface area contributed by atoms with Gasteiger partial charge in [0.2, 0.25) is 11.9 Å². The van der Waals surface area contributed by atoms with Crippen molar-refractivity contribution in [1.29, 1.82) is 0 Å². The fraction of sp³-hybridized carbons (Fsp3) is 0.222. The Hall–Kier alpha value is -3.93. The Morgan fingerprint density at radius 1 is 1.00 bits per heavy atom. The molecular formula is C27H26N4O2. The molecule has 5 rings (SSSR count). The second kappa shape index (κ2) is 8.54. The molecule has 0 spiro atoms. The van der Waals surface area contributed by atoms with E-state index in [1.807, 2.05) is 84.3 Å². The van der Waals surface area contributed by atoms with Crippen LogP contribution >= 0.6 is 0 Å². The molecule has 0 bridgehead atoms. The van der Waals surface area contributed by atoms with Crippen LogP contribution in [-0.2, 0) is 22.6 Å². The van der Waals surface area contributed by atoms with Gasteiger partial charge in [0.25, 0.3) is 5.91 Å². The first kappa shape index (κ1) is 20.9. The van der Waals surface area contributed by atoms with E-state index in [0.29, 0.717) is 12.5 Å². The van der Waals surface area contributed by atoms with Crippen LogP contribution in [0, 0.1) is 6.92 Å². The van der Waals surface area contributed by atoms with E-state index in [1.165, 1.54) is 5.56 Å². The highest BCUT2D eigenvalue weighted by Crippen LogP contribution is 2.37. The number of benzene rings is 3. The molecule has 0 fully saturated rings. The van der Waals surface area contributed by atoms with Gasteiger partial charge < -0.3 is 5.32 Å². The lowest BCUT2D eigenvalue weighted by Gasteiger charge is -2.16. The Kier molecular flexibility index (Phi) is 5.42. The molecule has 3 aromatic carbocycles. The maximum Gasteiger partial charge on any atom is 0.253 e. The van der Waals surface area contributed by atoms with Crippen molar-refractivity contribution in [3.63, 3.8) is 0 Å². The third-order valence-corrected chi connectivity index (χ3v) is 6.19. The monoisotopic (exact) mass is 438 g/mol. The van der Waals surface area contributed by atoms with Gasteiger partial charge in [0.15, 0.2) is 0 Å². The molecule has 2 heterocycles. The molecule has 2 amide bonds. The second-order valence-corrected chi connectivity index (χ2v) is 8.46. The summed E-state index contributed by atoms with van der Waals surface area (Å²) in [5.41, 5.74) is 5.73.